The molecule has 6 rings (SSSR count). The smallest absolute Gasteiger partial charge is 0.314 e. The molecule has 5 heteroatoms. The lowest BCUT2D eigenvalue weighted by atomic mass is 9.53. The van der Waals surface area contributed by atoms with Gasteiger partial charge in [-0.15, -0.1) is 0 Å². The minimum Gasteiger partial charge on any atom is -0.314 e. The average molecular weight is 320 g/mol. The molecule has 4 aliphatic rings. The number of hydrogen-bond acceptors (Lipinski definition) is 1. The molecule has 0 amide bonds. The Morgan fingerprint density at radius 3 is 2.09 bits per heavy atom. The van der Waals surface area contributed by atoms with Crippen LogP contribution in [0.2, 0.25) is 0 Å². The molecular formula is C18H19F3N2. The molecule has 2 nitrogen and oxygen atoms in total. The first-order valence-corrected chi connectivity index (χ1v) is 8.50. The second kappa shape index (κ2) is 4.31. The van der Waals surface area contributed by atoms with Gasteiger partial charge in [-0.3, -0.25) is 0 Å². The van der Waals surface area contributed by atoms with Gasteiger partial charge >= 0.3 is 6.18 Å². The largest absolute Gasteiger partial charge is 0.449 e. The minimum absolute atomic E-state index is 0.365. The van der Waals surface area contributed by atoms with Gasteiger partial charge in [0.25, 0.3) is 0 Å². The molecule has 0 unspecified atom stereocenters. The van der Waals surface area contributed by atoms with Crippen LogP contribution in [-0.2, 0) is 11.7 Å². The fourth-order valence-electron chi connectivity index (χ4n) is 6.04. The zero-order chi connectivity index (χ0) is 15.8. The monoisotopic (exact) mass is 320 g/mol. The van der Waals surface area contributed by atoms with Crippen LogP contribution in [0, 0.1) is 17.8 Å². The van der Waals surface area contributed by atoms with Crippen molar-refractivity contribution in [2.45, 2.75) is 50.2 Å². The Morgan fingerprint density at radius 1 is 0.957 bits per heavy atom. The number of fused-ring (bicyclic) bond motifs is 1. The van der Waals surface area contributed by atoms with Crippen molar-refractivity contribution in [2.75, 3.05) is 0 Å². The Hall–Kier alpha value is -1.52. The maximum atomic E-state index is 13.7. The average Bonchev–Trinajstić information content (AvgIpc) is 2.86. The van der Waals surface area contributed by atoms with E-state index in [1.165, 1.54) is 19.3 Å². The van der Waals surface area contributed by atoms with Crippen LogP contribution in [0.1, 0.15) is 44.3 Å². The summed E-state index contributed by atoms with van der Waals surface area (Å²) < 4.78 is 42.7. The number of hydrogen-bond donors (Lipinski definition) is 0. The normalized spacial score (nSPS) is 36.0. The van der Waals surface area contributed by atoms with Gasteiger partial charge in [-0.05, 0) is 68.4 Å². The number of imidazole rings is 1. The van der Waals surface area contributed by atoms with E-state index in [0.717, 1.165) is 19.3 Å². The molecule has 4 saturated carbocycles. The molecule has 1 aromatic carbocycles. The van der Waals surface area contributed by atoms with Gasteiger partial charge in [0.05, 0.1) is 11.0 Å². The van der Waals surface area contributed by atoms with Crippen molar-refractivity contribution in [3.8, 4) is 0 Å². The molecule has 4 aliphatic carbocycles. The molecule has 4 fully saturated rings. The molecule has 122 valence electrons. The Kier molecular flexibility index (Phi) is 2.60. The zero-order valence-electron chi connectivity index (χ0n) is 12.8. The lowest BCUT2D eigenvalue weighted by molar-refractivity contribution is -0.153. The highest BCUT2D eigenvalue weighted by Gasteiger charge is 2.54. The third kappa shape index (κ3) is 1.91. The van der Waals surface area contributed by atoms with Crippen LogP contribution in [0.15, 0.2) is 24.3 Å². The molecule has 1 aromatic heterocycles. The van der Waals surface area contributed by atoms with E-state index in [2.05, 4.69) is 4.98 Å². The van der Waals surface area contributed by atoms with Crippen molar-refractivity contribution < 1.29 is 13.2 Å². The summed E-state index contributed by atoms with van der Waals surface area (Å²) in [5.41, 5.74) is 0.757. The topological polar surface area (TPSA) is 17.8 Å². The fraction of sp³-hybridized carbons (Fsp3) is 0.611. The summed E-state index contributed by atoms with van der Waals surface area (Å²) in [6.45, 7) is 0. The van der Waals surface area contributed by atoms with Crippen LogP contribution < -0.4 is 0 Å². The Balaban J connectivity index is 1.76. The molecule has 0 N–H and O–H groups in total. The Morgan fingerprint density at radius 2 is 1.52 bits per heavy atom. The van der Waals surface area contributed by atoms with Crippen LogP contribution in [0.3, 0.4) is 0 Å². The summed E-state index contributed by atoms with van der Waals surface area (Å²) in [4.78, 5) is 3.98. The quantitative estimate of drug-likeness (QED) is 0.724. The first-order chi connectivity index (χ1) is 10.9. The number of halogens is 3. The molecule has 23 heavy (non-hydrogen) atoms. The summed E-state index contributed by atoms with van der Waals surface area (Å²) in [6.07, 6.45) is 1.92. The maximum Gasteiger partial charge on any atom is 0.449 e. The number of rotatable bonds is 1. The van der Waals surface area contributed by atoms with Crippen LogP contribution in [0.5, 0.6) is 0 Å². The number of aromatic nitrogens is 2. The van der Waals surface area contributed by atoms with E-state index in [1.54, 1.807) is 22.8 Å². The van der Waals surface area contributed by atoms with E-state index in [4.69, 9.17) is 0 Å². The van der Waals surface area contributed by atoms with Crippen LogP contribution in [0.4, 0.5) is 13.2 Å². The van der Waals surface area contributed by atoms with E-state index < -0.39 is 12.0 Å². The Labute approximate surface area is 132 Å². The first-order valence-electron chi connectivity index (χ1n) is 8.50. The molecule has 0 atom stereocenters. The summed E-state index contributed by atoms with van der Waals surface area (Å²) >= 11 is 0. The molecule has 4 bridgehead atoms. The summed E-state index contributed by atoms with van der Waals surface area (Å²) in [5.74, 6) is 1.11. The third-order valence-corrected chi connectivity index (χ3v) is 6.29. The van der Waals surface area contributed by atoms with Crippen molar-refractivity contribution in [3.63, 3.8) is 0 Å². The molecule has 0 spiro atoms. The first kappa shape index (κ1) is 13.9. The Bertz CT molecular complexity index is 739. The molecule has 2 aromatic rings. The van der Waals surface area contributed by atoms with E-state index in [1.807, 2.05) is 6.07 Å². The van der Waals surface area contributed by atoms with Crippen LogP contribution in [-0.4, -0.2) is 9.55 Å². The van der Waals surface area contributed by atoms with Gasteiger partial charge in [-0.25, -0.2) is 4.98 Å². The summed E-state index contributed by atoms with van der Waals surface area (Å²) in [7, 11) is 0. The van der Waals surface area contributed by atoms with Gasteiger partial charge in [0.1, 0.15) is 0 Å². The minimum atomic E-state index is -4.40. The number of nitrogens with zero attached hydrogens (tertiary/aromatic N) is 2. The second-order valence-electron chi connectivity index (χ2n) is 7.90. The highest BCUT2D eigenvalue weighted by molar-refractivity contribution is 5.76. The lowest BCUT2D eigenvalue weighted by Gasteiger charge is -2.57. The molecule has 0 radical (unpaired) electrons. The van der Waals surface area contributed by atoms with E-state index in [9.17, 15) is 13.2 Å². The van der Waals surface area contributed by atoms with Gasteiger partial charge in [0.15, 0.2) is 0 Å². The van der Waals surface area contributed by atoms with Crippen molar-refractivity contribution in [2.24, 2.45) is 17.8 Å². The van der Waals surface area contributed by atoms with E-state index >= 15 is 0 Å². The van der Waals surface area contributed by atoms with Crippen molar-refractivity contribution >= 4 is 11.0 Å². The summed E-state index contributed by atoms with van der Waals surface area (Å²) in [6, 6.07) is 7.08. The summed E-state index contributed by atoms with van der Waals surface area (Å²) in [5, 5.41) is 0. The molecule has 1 heterocycles. The van der Waals surface area contributed by atoms with E-state index in [0.29, 0.717) is 28.8 Å². The van der Waals surface area contributed by atoms with Crippen molar-refractivity contribution in [3.05, 3.63) is 30.1 Å². The van der Waals surface area contributed by atoms with Crippen LogP contribution >= 0.6 is 0 Å². The van der Waals surface area contributed by atoms with Gasteiger partial charge in [0, 0.05) is 5.54 Å². The van der Waals surface area contributed by atoms with Gasteiger partial charge < -0.3 is 4.57 Å². The van der Waals surface area contributed by atoms with Gasteiger partial charge in [-0.1, -0.05) is 12.1 Å². The molecular weight excluding hydrogens is 301 g/mol. The lowest BCUT2D eigenvalue weighted by Crippen LogP contribution is -2.52. The molecule has 0 aliphatic heterocycles. The van der Waals surface area contributed by atoms with Crippen molar-refractivity contribution in [1.29, 1.82) is 0 Å². The second-order valence-corrected chi connectivity index (χ2v) is 7.90. The molecule has 0 saturated heterocycles. The number of para-hydroxylation sites is 2. The highest BCUT2D eigenvalue weighted by Crippen LogP contribution is 2.60. The predicted molar refractivity (Wildman–Crippen MR) is 80.9 cm³/mol. The maximum absolute atomic E-state index is 13.7. The van der Waals surface area contributed by atoms with Gasteiger partial charge in [0.2, 0.25) is 5.82 Å². The van der Waals surface area contributed by atoms with Crippen molar-refractivity contribution in [1.82, 2.24) is 9.55 Å². The third-order valence-electron chi connectivity index (χ3n) is 6.29. The van der Waals surface area contributed by atoms with Crippen LogP contribution in [0.25, 0.3) is 11.0 Å². The number of alkyl halides is 3. The standard InChI is InChI=1S/C18H19F3N2/c19-18(20,21)16-22-14-3-1-2-4-15(14)23(16)17-8-11-5-12(9-17)7-13(6-11)10-17/h1-4,11-13H,5-10H2. The van der Waals surface area contributed by atoms with Gasteiger partial charge in [-0.2, -0.15) is 13.2 Å². The number of benzene rings is 1. The SMILES string of the molecule is FC(F)(F)c1nc2ccccc2n1C12CC3CC(CC(C3)C1)C2. The van der Waals surface area contributed by atoms with E-state index in [-0.39, 0.29) is 5.54 Å². The highest BCUT2D eigenvalue weighted by atomic mass is 19.4. The fourth-order valence-corrected chi connectivity index (χ4v) is 6.04. The predicted octanol–water partition coefficient (Wildman–Crippen LogP) is 4.98. The zero-order valence-corrected chi connectivity index (χ0v) is 12.8.